The lowest BCUT2D eigenvalue weighted by atomic mass is 9.33. The molecule has 0 saturated heterocycles. The minimum atomic E-state index is -0.173. The molecule has 0 unspecified atom stereocenters. The molecule has 4 nitrogen and oxygen atoms in total. The van der Waals surface area contributed by atoms with E-state index in [0.717, 1.165) is 61.5 Å². The van der Waals surface area contributed by atoms with E-state index in [1.807, 2.05) is 6.07 Å². The van der Waals surface area contributed by atoms with E-state index in [0.29, 0.717) is 0 Å². The SMILES string of the molecule is CC(C)(C)c1ccc(N2c3cc(N(c4ccccc4)c4ccccc4-c4ccccc4)ccc3B3c4cc(C(C)(C)C)ccc4N(c4ccc(-c5cccc6c5oc5ccccc56)cc4)c4cc(C(C)(C)C)cc2c43)cc1. The summed E-state index contributed by atoms with van der Waals surface area (Å²) in [5.41, 5.74) is 24.2. The normalized spacial score (nSPS) is 13.2. The highest BCUT2D eigenvalue weighted by Gasteiger charge is 2.45. The third-order valence-corrected chi connectivity index (χ3v) is 16.1. The molecule has 0 spiro atoms. The maximum Gasteiger partial charge on any atom is 0.252 e. The lowest BCUT2D eigenvalue weighted by Crippen LogP contribution is -2.61. The molecule has 13 rings (SSSR count). The van der Waals surface area contributed by atoms with E-state index in [9.17, 15) is 0 Å². The van der Waals surface area contributed by atoms with Crippen LogP contribution in [0.2, 0.25) is 0 Å². The van der Waals surface area contributed by atoms with E-state index in [1.165, 1.54) is 67.0 Å². The number of benzene rings is 10. The van der Waals surface area contributed by atoms with Crippen LogP contribution in [-0.4, -0.2) is 6.71 Å². The molecule has 77 heavy (non-hydrogen) atoms. The number of hydrogen-bond donors (Lipinski definition) is 0. The van der Waals surface area contributed by atoms with Crippen LogP contribution in [0.15, 0.2) is 229 Å². The summed E-state index contributed by atoms with van der Waals surface area (Å²) in [6, 6.07) is 83.4. The molecule has 2 aliphatic rings. The van der Waals surface area contributed by atoms with Crippen molar-refractivity contribution in [1.82, 2.24) is 0 Å². The summed E-state index contributed by atoms with van der Waals surface area (Å²) >= 11 is 0. The fourth-order valence-electron chi connectivity index (χ4n) is 12.0. The molecule has 0 saturated carbocycles. The highest BCUT2D eigenvalue weighted by atomic mass is 16.3. The van der Waals surface area contributed by atoms with Crippen molar-refractivity contribution in [2.45, 2.75) is 78.6 Å². The molecule has 11 aromatic rings. The summed E-state index contributed by atoms with van der Waals surface area (Å²) in [6.07, 6.45) is 0. The third-order valence-electron chi connectivity index (χ3n) is 16.1. The molecule has 376 valence electrons. The van der Waals surface area contributed by atoms with Crippen LogP contribution in [0.25, 0.3) is 44.2 Å². The van der Waals surface area contributed by atoms with E-state index >= 15 is 0 Å². The van der Waals surface area contributed by atoms with Gasteiger partial charge in [0.15, 0.2) is 0 Å². The van der Waals surface area contributed by atoms with Gasteiger partial charge in [0, 0.05) is 67.4 Å². The van der Waals surface area contributed by atoms with E-state index in [1.54, 1.807) is 0 Å². The number of nitrogens with zero attached hydrogens (tertiary/aromatic N) is 3. The molecule has 0 aliphatic carbocycles. The Morgan fingerprint density at radius 2 is 0.935 bits per heavy atom. The van der Waals surface area contributed by atoms with Gasteiger partial charge in [0.1, 0.15) is 11.2 Å². The zero-order valence-electron chi connectivity index (χ0n) is 45.7. The van der Waals surface area contributed by atoms with Crippen LogP contribution in [-0.2, 0) is 16.2 Å². The van der Waals surface area contributed by atoms with Crippen molar-refractivity contribution in [2.75, 3.05) is 14.7 Å². The quantitative estimate of drug-likeness (QED) is 0.148. The molecule has 0 atom stereocenters. The van der Waals surface area contributed by atoms with Crippen molar-refractivity contribution in [3.8, 4) is 22.3 Å². The van der Waals surface area contributed by atoms with E-state index in [2.05, 4.69) is 295 Å². The Balaban J connectivity index is 1.07. The Morgan fingerprint density at radius 1 is 0.377 bits per heavy atom. The van der Waals surface area contributed by atoms with Gasteiger partial charge < -0.3 is 19.1 Å². The average molecular weight is 998 g/mol. The van der Waals surface area contributed by atoms with Gasteiger partial charge in [-0.1, -0.05) is 208 Å². The van der Waals surface area contributed by atoms with Gasteiger partial charge in [0.05, 0.1) is 5.69 Å². The molecule has 3 heterocycles. The topological polar surface area (TPSA) is 22.9 Å². The Kier molecular flexibility index (Phi) is 11.3. The highest BCUT2D eigenvalue weighted by molar-refractivity contribution is 7.00. The van der Waals surface area contributed by atoms with Gasteiger partial charge in [-0.25, -0.2) is 0 Å². The van der Waals surface area contributed by atoms with Crippen LogP contribution in [0.5, 0.6) is 0 Å². The molecular formula is C72H64BN3O. The van der Waals surface area contributed by atoms with Crippen molar-refractivity contribution < 1.29 is 4.42 Å². The van der Waals surface area contributed by atoms with Gasteiger partial charge in [-0.3, -0.25) is 0 Å². The van der Waals surface area contributed by atoms with Crippen LogP contribution < -0.4 is 31.1 Å². The van der Waals surface area contributed by atoms with Gasteiger partial charge in [0.25, 0.3) is 6.71 Å². The van der Waals surface area contributed by atoms with Crippen molar-refractivity contribution in [2.24, 2.45) is 0 Å². The molecule has 0 amide bonds. The lowest BCUT2D eigenvalue weighted by Gasteiger charge is -2.45. The predicted molar refractivity (Wildman–Crippen MR) is 329 cm³/mol. The number of rotatable bonds is 7. The molecule has 0 fully saturated rings. The zero-order valence-corrected chi connectivity index (χ0v) is 45.7. The van der Waals surface area contributed by atoms with Crippen molar-refractivity contribution in [1.29, 1.82) is 0 Å². The van der Waals surface area contributed by atoms with E-state index < -0.39 is 0 Å². The highest BCUT2D eigenvalue weighted by Crippen LogP contribution is 2.49. The number of furan rings is 1. The second kappa shape index (κ2) is 18.1. The van der Waals surface area contributed by atoms with Gasteiger partial charge in [-0.15, -0.1) is 0 Å². The van der Waals surface area contributed by atoms with Crippen molar-refractivity contribution in [3.05, 3.63) is 241 Å². The fourth-order valence-corrected chi connectivity index (χ4v) is 12.0. The fraction of sp³-hybridized carbons (Fsp3) is 0.167. The Labute approximate surface area is 455 Å². The minimum Gasteiger partial charge on any atom is -0.455 e. The molecule has 0 radical (unpaired) electrons. The molecule has 1 aromatic heterocycles. The Bertz CT molecular complexity index is 4040. The first kappa shape index (κ1) is 48.1. The van der Waals surface area contributed by atoms with Gasteiger partial charge >= 0.3 is 0 Å². The molecule has 0 bridgehead atoms. The molecular weight excluding hydrogens is 934 g/mol. The second-order valence-corrected chi connectivity index (χ2v) is 24.2. The van der Waals surface area contributed by atoms with Crippen LogP contribution in [0.1, 0.15) is 79.0 Å². The predicted octanol–water partition coefficient (Wildman–Crippen LogP) is 18.4. The van der Waals surface area contributed by atoms with Crippen LogP contribution in [0.3, 0.4) is 0 Å². The largest absolute Gasteiger partial charge is 0.455 e. The molecule has 10 aromatic carbocycles. The van der Waals surface area contributed by atoms with Gasteiger partial charge in [-0.05, 0) is 139 Å². The standard InChI is InChI=1S/C72H64BN3O/c1-70(2,3)49-33-38-54(39-34-49)76-64-46-55(74(52-23-14-11-15-24-52)62-29-18-16-25-56(62)47-21-12-10-13-22-47)40-41-60(64)73-61-43-50(71(4,5)6)35-42-63(61)75(65-44-51(72(7,8)9)45-66(76)68(65)73)53-36-31-48(32-37-53)57-27-20-28-59-58-26-17-19-30-67(58)77-69(57)59/h10-46H,1-9H3. The van der Waals surface area contributed by atoms with Crippen molar-refractivity contribution in [3.63, 3.8) is 0 Å². The number of para-hydroxylation sites is 4. The average Bonchev–Trinajstić information content (AvgIpc) is 4.01. The van der Waals surface area contributed by atoms with E-state index in [-0.39, 0.29) is 23.0 Å². The first-order valence-electron chi connectivity index (χ1n) is 27.3. The monoisotopic (exact) mass is 998 g/mol. The Morgan fingerprint density at radius 3 is 1.62 bits per heavy atom. The number of hydrogen-bond acceptors (Lipinski definition) is 4. The maximum atomic E-state index is 6.57. The molecule has 5 heteroatoms. The smallest absolute Gasteiger partial charge is 0.252 e. The van der Waals surface area contributed by atoms with Gasteiger partial charge in [-0.2, -0.15) is 0 Å². The summed E-state index contributed by atoms with van der Waals surface area (Å²) in [4.78, 5) is 7.58. The zero-order chi connectivity index (χ0) is 53.0. The first-order valence-corrected chi connectivity index (χ1v) is 27.3. The van der Waals surface area contributed by atoms with Crippen LogP contribution >= 0.6 is 0 Å². The summed E-state index contributed by atoms with van der Waals surface area (Å²) in [7, 11) is 0. The maximum absolute atomic E-state index is 6.57. The summed E-state index contributed by atoms with van der Waals surface area (Å²) in [5.74, 6) is 0. The summed E-state index contributed by atoms with van der Waals surface area (Å²) in [6.45, 7) is 20.9. The van der Waals surface area contributed by atoms with E-state index in [4.69, 9.17) is 4.42 Å². The number of fused-ring (bicyclic) bond motifs is 7. The Hall–Kier alpha value is -8.54. The molecule has 2 aliphatic heterocycles. The van der Waals surface area contributed by atoms with Crippen LogP contribution in [0, 0.1) is 0 Å². The van der Waals surface area contributed by atoms with Gasteiger partial charge in [0.2, 0.25) is 0 Å². The third kappa shape index (κ3) is 8.23. The number of anilines is 9. The summed E-state index contributed by atoms with van der Waals surface area (Å²) in [5, 5.41) is 2.27. The second-order valence-electron chi connectivity index (χ2n) is 24.2. The lowest BCUT2D eigenvalue weighted by molar-refractivity contribution is 0.590. The van der Waals surface area contributed by atoms with Crippen LogP contribution in [0.4, 0.5) is 51.2 Å². The molecule has 0 N–H and O–H groups in total. The van der Waals surface area contributed by atoms with Crippen molar-refractivity contribution >= 4 is 96.2 Å². The minimum absolute atomic E-state index is 0.00660. The summed E-state index contributed by atoms with van der Waals surface area (Å²) < 4.78 is 6.57. The first-order chi connectivity index (χ1) is 37.1.